The molecule has 0 aliphatic carbocycles. The van der Waals surface area contributed by atoms with Gasteiger partial charge in [-0.1, -0.05) is 47.1 Å². The highest BCUT2D eigenvalue weighted by molar-refractivity contribution is 9.10. The molecule has 1 N–H and O–H groups in total. The molecule has 3 nitrogen and oxygen atoms in total. The molecule has 1 aromatic rings. The van der Waals surface area contributed by atoms with E-state index in [1.807, 2.05) is 24.3 Å². The van der Waals surface area contributed by atoms with E-state index < -0.39 is 10.7 Å². The van der Waals surface area contributed by atoms with E-state index in [-0.39, 0.29) is 11.8 Å². The molecule has 0 spiro atoms. The molecule has 2 rings (SSSR count). The predicted molar refractivity (Wildman–Crippen MR) is 64.4 cm³/mol. The van der Waals surface area contributed by atoms with Crippen LogP contribution in [0.15, 0.2) is 24.3 Å². The van der Waals surface area contributed by atoms with Crippen molar-refractivity contribution in [2.24, 2.45) is 0 Å². The zero-order valence-electron chi connectivity index (χ0n) is 8.87. The minimum Gasteiger partial charge on any atom is -0.295 e. The SMILES string of the molecule is CCc1ccc(C2C(=O)NC(=O)C2Br)cc1. The van der Waals surface area contributed by atoms with Gasteiger partial charge in [0, 0.05) is 0 Å². The predicted octanol–water partition coefficient (Wildman–Crippen LogP) is 1.75. The minimum atomic E-state index is -0.451. The Morgan fingerprint density at radius 2 is 1.81 bits per heavy atom. The van der Waals surface area contributed by atoms with E-state index in [4.69, 9.17) is 0 Å². The maximum atomic E-state index is 11.6. The summed E-state index contributed by atoms with van der Waals surface area (Å²) < 4.78 is 0. The van der Waals surface area contributed by atoms with Gasteiger partial charge < -0.3 is 0 Å². The number of amides is 2. The van der Waals surface area contributed by atoms with Gasteiger partial charge >= 0.3 is 0 Å². The number of imide groups is 1. The lowest BCUT2D eigenvalue weighted by Crippen LogP contribution is -2.22. The quantitative estimate of drug-likeness (QED) is 0.663. The molecular formula is C12H12BrNO2. The molecule has 2 amide bonds. The van der Waals surface area contributed by atoms with E-state index in [1.54, 1.807) is 0 Å². The lowest BCUT2D eigenvalue weighted by atomic mass is 9.96. The van der Waals surface area contributed by atoms with Crippen molar-refractivity contribution in [3.8, 4) is 0 Å². The Labute approximate surface area is 102 Å². The fraction of sp³-hybridized carbons (Fsp3) is 0.333. The molecule has 1 fully saturated rings. The van der Waals surface area contributed by atoms with E-state index in [9.17, 15) is 9.59 Å². The summed E-state index contributed by atoms with van der Waals surface area (Å²) in [5.74, 6) is -0.885. The molecule has 1 aromatic carbocycles. The Bertz CT molecular complexity index is 427. The molecule has 0 aromatic heterocycles. The highest BCUT2D eigenvalue weighted by atomic mass is 79.9. The van der Waals surface area contributed by atoms with Crippen LogP contribution in [0.5, 0.6) is 0 Å². The van der Waals surface area contributed by atoms with Crippen LogP contribution in [0, 0.1) is 0 Å². The number of hydrogen-bond donors (Lipinski definition) is 1. The van der Waals surface area contributed by atoms with Gasteiger partial charge in [0.2, 0.25) is 11.8 Å². The van der Waals surface area contributed by atoms with Crippen molar-refractivity contribution in [3.05, 3.63) is 35.4 Å². The van der Waals surface area contributed by atoms with E-state index in [2.05, 4.69) is 28.2 Å². The number of alkyl halides is 1. The first-order valence-corrected chi connectivity index (χ1v) is 6.12. The van der Waals surface area contributed by atoms with Gasteiger partial charge in [-0.05, 0) is 17.5 Å². The summed E-state index contributed by atoms with van der Waals surface area (Å²) in [7, 11) is 0. The van der Waals surface area contributed by atoms with E-state index >= 15 is 0 Å². The Morgan fingerprint density at radius 1 is 1.19 bits per heavy atom. The van der Waals surface area contributed by atoms with Crippen LogP contribution in [0.1, 0.15) is 24.0 Å². The van der Waals surface area contributed by atoms with Crippen LogP contribution in [-0.4, -0.2) is 16.6 Å². The van der Waals surface area contributed by atoms with Gasteiger partial charge in [0.05, 0.1) is 5.92 Å². The maximum Gasteiger partial charge on any atom is 0.241 e. The minimum absolute atomic E-state index is 0.226. The van der Waals surface area contributed by atoms with E-state index in [0.29, 0.717) is 0 Å². The van der Waals surface area contributed by atoms with Gasteiger partial charge in [-0.15, -0.1) is 0 Å². The molecule has 84 valence electrons. The molecule has 16 heavy (non-hydrogen) atoms. The van der Waals surface area contributed by atoms with Crippen LogP contribution in [0.25, 0.3) is 0 Å². The molecule has 1 heterocycles. The number of carbonyl (C=O) groups is 2. The molecule has 2 atom stereocenters. The second-order valence-corrected chi connectivity index (χ2v) is 4.81. The monoisotopic (exact) mass is 281 g/mol. The topological polar surface area (TPSA) is 46.2 Å². The van der Waals surface area contributed by atoms with Gasteiger partial charge in [-0.3, -0.25) is 14.9 Å². The zero-order chi connectivity index (χ0) is 11.7. The molecule has 0 radical (unpaired) electrons. The first kappa shape index (κ1) is 11.3. The number of hydrogen-bond acceptors (Lipinski definition) is 2. The summed E-state index contributed by atoms with van der Waals surface area (Å²) in [6.07, 6.45) is 0.966. The van der Waals surface area contributed by atoms with Crippen molar-refractivity contribution >= 4 is 27.7 Å². The van der Waals surface area contributed by atoms with Gasteiger partial charge in [0.1, 0.15) is 4.83 Å². The van der Waals surface area contributed by atoms with Crippen molar-refractivity contribution < 1.29 is 9.59 Å². The smallest absolute Gasteiger partial charge is 0.241 e. The first-order valence-electron chi connectivity index (χ1n) is 5.21. The third-order valence-corrected chi connectivity index (χ3v) is 3.76. The molecule has 1 saturated heterocycles. The average Bonchev–Trinajstić information content (AvgIpc) is 2.54. The largest absolute Gasteiger partial charge is 0.295 e. The number of nitrogens with one attached hydrogen (secondary N) is 1. The normalized spacial score (nSPS) is 24.6. The molecule has 1 aliphatic rings. The summed E-state index contributed by atoms with van der Waals surface area (Å²) in [5.41, 5.74) is 2.10. The maximum absolute atomic E-state index is 11.6. The summed E-state index contributed by atoms with van der Waals surface area (Å²) in [6, 6.07) is 7.81. The van der Waals surface area contributed by atoms with E-state index in [1.165, 1.54) is 5.56 Å². The molecule has 0 saturated carbocycles. The van der Waals surface area contributed by atoms with Gasteiger partial charge in [0.15, 0.2) is 0 Å². The van der Waals surface area contributed by atoms with Crippen molar-refractivity contribution in [2.75, 3.05) is 0 Å². The van der Waals surface area contributed by atoms with Gasteiger partial charge in [0.25, 0.3) is 0 Å². The van der Waals surface area contributed by atoms with Crippen LogP contribution < -0.4 is 5.32 Å². The Hall–Kier alpha value is -1.16. The Morgan fingerprint density at radius 3 is 2.25 bits per heavy atom. The molecular weight excluding hydrogens is 270 g/mol. The second-order valence-electron chi connectivity index (χ2n) is 3.83. The second kappa shape index (κ2) is 4.37. The number of benzene rings is 1. The van der Waals surface area contributed by atoms with Gasteiger partial charge in [-0.25, -0.2) is 0 Å². The lowest BCUT2D eigenvalue weighted by Gasteiger charge is -2.10. The van der Waals surface area contributed by atoms with Crippen molar-refractivity contribution in [1.82, 2.24) is 5.32 Å². The van der Waals surface area contributed by atoms with Crippen LogP contribution in [0.2, 0.25) is 0 Å². The van der Waals surface area contributed by atoms with Crippen LogP contribution in [0.3, 0.4) is 0 Å². The molecule has 0 bridgehead atoms. The fourth-order valence-electron chi connectivity index (χ4n) is 1.83. The fourth-order valence-corrected chi connectivity index (χ4v) is 2.49. The number of halogens is 1. The summed E-state index contributed by atoms with van der Waals surface area (Å²) in [4.78, 5) is 22.4. The highest BCUT2D eigenvalue weighted by Gasteiger charge is 2.40. The highest BCUT2D eigenvalue weighted by Crippen LogP contribution is 2.30. The van der Waals surface area contributed by atoms with Crippen molar-refractivity contribution in [3.63, 3.8) is 0 Å². The third kappa shape index (κ3) is 1.89. The van der Waals surface area contributed by atoms with Crippen LogP contribution in [-0.2, 0) is 16.0 Å². The molecule has 1 aliphatic heterocycles. The number of aryl methyl sites for hydroxylation is 1. The summed E-state index contributed by atoms with van der Waals surface area (Å²) >= 11 is 3.25. The Balaban J connectivity index is 2.29. The lowest BCUT2D eigenvalue weighted by molar-refractivity contribution is -0.125. The standard InChI is InChI=1S/C12H12BrNO2/c1-2-7-3-5-8(6-4-7)9-10(13)12(16)14-11(9)15/h3-6,9-10H,2H2,1H3,(H,14,15,16). The number of rotatable bonds is 2. The molecule has 2 unspecified atom stereocenters. The summed E-state index contributed by atoms with van der Waals surface area (Å²) in [6.45, 7) is 2.08. The van der Waals surface area contributed by atoms with Crippen LogP contribution in [0.4, 0.5) is 0 Å². The average molecular weight is 282 g/mol. The molecule has 4 heteroatoms. The van der Waals surface area contributed by atoms with Crippen molar-refractivity contribution in [1.29, 1.82) is 0 Å². The van der Waals surface area contributed by atoms with Gasteiger partial charge in [-0.2, -0.15) is 0 Å². The van der Waals surface area contributed by atoms with E-state index in [0.717, 1.165) is 12.0 Å². The first-order chi connectivity index (χ1) is 7.63. The summed E-state index contributed by atoms with van der Waals surface area (Å²) in [5, 5.41) is 2.32. The Kier molecular flexibility index (Phi) is 3.10. The third-order valence-electron chi connectivity index (χ3n) is 2.82. The van der Waals surface area contributed by atoms with Crippen LogP contribution >= 0.6 is 15.9 Å². The zero-order valence-corrected chi connectivity index (χ0v) is 10.5. The van der Waals surface area contributed by atoms with Crippen molar-refractivity contribution in [2.45, 2.75) is 24.1 Å². The number of carbonyl (C=O) groups excluding carboxylic acids is 2.